The largest absolute Gasteiger partial charge is 0.481 e. The van der Waals surface area contributed by atoms with Gasteiger partial charge in [0, 0.05) is 4.88 Å². The van der Waals surface area contributed by atoms with Gasteiger partial charge in [-0.25, -0.2) is 4.98 Å². The monoisotopic (exact) mass is 261 g/mol. The van der Waals surface area contributed by atoms with Crippen LogP contribution in [0.25, 0.3) is 0 Å². The third kappa shape index (κ3) is 1.76. The normalized spacial score (nSPS) is 21.2. The van der Waals surface area contributed by atoms with Gasteiger partial charge < -0.3 is 5.11 Å². The molecule has 0 bridgehead atoms. The number of hydrogen-bond donors (Lipinski definition) is 1. The van der Waals surface area contributed by atoms with E-state index in [0.717, 1.165) is 27.3 Å². The quantitative estimate of drug-likeness (QED) is 0.843. The van der Waals surface area contributed by atoms with E-state index >= 15 is 0 Å². The molecular formula is C8H8BrNO2S. The number of fused-ring (bicyclic) bond motifs is 1. The Hall–Kier alpha value is -0.420. The molecular weight excluding hydrogens is 254 g/mol. The molecule has 1 N–H and O–H groups in total. The summed E-state index contributed by atoms with van der Waals surface area (Å²) >= 11 is 4.86. The van der Waals surface area contributed by atoms with Gasteiger partial charge >= 0.3 is 5.97 Å². The average Bonchev–Trinajstić information content (AvgIpc) is 2.42. The van der Waals surface area contributed by atoms with Crippen LogP contribution in [0.1, 0.15) is 17.0 Å². The lowest BCUT2D eigenvalue weighted by molar-refractivity contribution is -0.142. The SMILES string of the molecule is O=C(O)C1CCc2nc(Br)sc2C1. The second kappa shape index (κ2) is 3.38. The van der Waals surface area contributed by atoms with Gasteiger partial charge in [0.15, 0.2) is 3.92 Å². The van der Waals surface area contributed by atoms with E-state index in [2.05, 4.69) is 20.9 Å². The summed E-state index contributed by atoms with van der Waals surface area (Å²) in [5.74, 6) is -0.893. The number of thiazole rings is 1. The molecule has 1 aliphatic carbocycles. The zero-order chi connectivity index (χ0) is 9.42. The van der Waals surface area contributed by atoms with E-state index in [1.54, 1.807) is 11.3 Å². The summed E-state index contributed by atoms with van der Waals surface area (Å²) in [7, 11) is 0. The summed E-state index contributed by atoms with van der Waals surface area (Å²) in [6.45, 7) is 0. The van der Waals surface area contributed by atoms with Crippen LogP contribution in [-0.4, -0.2) is 16.1 Å². The van der Waals surface area contributed by atoms with Crippen LogP contribution in [0.3, 0.4) is 0 Å². The molecule has 1 heterocycles. The molecule has 0 amide bonds. The molecule has 1 unspecified atom stereocenters. The van der Waals surface area contributed by atoms with Crippen LogP contribution < -0.4 is 0 Å². The van der Waals surface area contributed by atoms with Gasteiger partial charge in [0.25, 0.3) is 0 Å². The van der Waals surface area contributed by atoms with Gasteiger partial charge in [-0.2, -0.15) is 0 Å². The summed E-state index contributed by atoms with van der Waals surface area (Å²) in [4.78, 5) is 16.2. The molecule has 0 saturated heterocycles. The van der Waals surface area contributed by atoms with Gasteiger partial charge in [-0.05, 0) is 35.2 Å². The molecule has 0 aliphatic heterocycles. The fourth-order valence-corrected chi connectivity index (χ4v) is 3.26. The summed E-state index contributed by atoms with van der Waals surface area (Å²) in [6, 6.07) is 0. The molecule has 0 fully saturated rings. The Kier molecular flexibility index (Phi) is 2.38. The molecule has 0 spiro atoms. The summed E-state index contributed by atoms with van der Waals surface area (Å²) in [5.41, 5.74) is 1.08. The van der Waals surface area contributed by atoms with Crippen molar-refractivity contribution in [1.29, 1.82) is 0 Å². The maximum Gasteiger partial charge on any atom is 0.306 e. The lowest BCUT2D eigenvalue weighted by atomic mass is 9.91. The fraction of sp³-hybridized carbons (Fsp3) is 0.500. The molecule has 1 aliphatic rings. The maximum atomic E-state index is 10.7. The number of carboxylic acids is 1. The molecule has 1 aromatic rings. The van der Waals surface area contributed by atoms with Crippen molar-refractivity contribution in [2.45, 2.75) is 19.3 Å². The number of aromatic nitrogens is 1. The second-order valence-electron chi connectivity index (χ2n) is 3.11. The minimum atomic E-state index is -0.685. The first-order valence-corrected chi connectivity index (χ1v) is 5.64. The van der Waals surface area contributed by atoms with Crippen LogP contribution >= 0.6 is 27.3 Å². The van der Waals surface area contributed by atoms with Crippen molar-refractivity contribution in [2.75, 3.05) is 0 Å². The van der Waals surface area contributed by atoms with E-state index < -0.39 is 5.97 Å². The number of carbonyl (C=O) groups is 1. The highest BCUT2D eigenvalue weighted by molar-refractivity contribution is 9.11. The van der Waals surface area contributed by atoms with Gasteiger partial charge in [-0.1, -0.05) is 0 Å². The minimum absolute atomic E-state index is 0.208. The molecule has 0 radical (unpaired) electrons. The number of aliphatic carboxylic acids is 1. The van der Waals surface area contributed by atoms with Crippen LogP contribution in [0, 0.1) is 5.92 Å². The topological polar surface area (TPSA) is 50.2 Å². The van der Waals surface area contributed by atoms with E-state index in [1.165, 1.54) is 0 Å². The highest BCUT2D eigenvalue weighted by Gasteiger charge is 2.26. The maximum absolute atomic E-state index is 10.7. The van der Waals surface area contributed by atoms with Crippen molar-refractivity contribution in [3.8, 4) is 0 Å². The van der Waals surface area contributed by atoms with Crippen molar-refractivity contribution in [2.24, 2.45) is 5.92 Å². The lowest BCUT2D eigenvalue weighted by Gasteiger charge is -2.16. The van der Waals surface area contributed by atoms with Gasteiger partial charge in [-0.15, -0.1) is 11.3 Å². The summed E-state index contributed by atoms with van der Waals surface area (Å²) < 4.78 is 0.864. The highest BCUT2D eigenvalue weighted by Crippen LogP contribution is 2.32. The van der Waals surface area contributed by atoms with E-state index in [4.69, 9.17) is 5.11 Å². The summed E-state index contributed by atoms with van der Waals surface area (Å²) in [5, 5.41) is 8.84. The molecule has 0 saturated carbocycles. The first-order chi connectivity index (χ1) is 6.16. The van der Waals surface area contributed by atoms with Gasteiger partial charge in [-0.3, -0.25) is 4.79 Å². The Bertz CT molecular complexity index is 350. The Labute approximate surface area is 87.9 Å². The minimum Gasteiger partial charge on any atom is -0.481 e. The van der Waals surface area contributed by atoms with Crippen LogP contribution in [-0.2, 0) is 17.6 Å². The number of carboxylic acid groups (broad SMARTS) is 1. The molecule has 13 heavy (non-hydrogen) atoms. The third-order valence-corrected chi connectivity index (χ3v) is 3.83. The number of aryl methyl sites for hydroxylation is 1. The van der Waals surface area contributed by atoms with Crippen LogP contribution in [0.2, 0.25) is 0 Å². The number of nitrogens with zero attached hydrogens (tertiary/aromatic N) is 1. The van der Waals surface area contributed by atoms with Crippen molar-refractivity contribution in [1.82, 2.24) is 4.98 Å². The van der Waals surface area contributed by atoms with Gasteiger partial charge in [0.1, 0.15) is 0 Å². The Balaban J connectivity index is 2.24. The van der Waals surface area contributed by atoms with E-state index in [1.807, 2.05) is 0 Å². The van der Waals surface area contributed by atoms with E-state index in [0.29, 0.717) is 6.42 Å². The van der Waals surface area contributed by atoms with Crippen molar-refractivity contribution < 1.29 is 9.90 Å². The average molecular weight is 262 g/mol. The molecule has 3 nitrogen and oxygen atoms in total. The standard InChI is InChI=1S/C8H8BrNO2S/c9-8-10-5-2-1-4(7(11)12)3-6(5)13-8/h4H,1-3H2,(H,11,12). The molecule has 2 rings (SSSR count). The Morgan fingerprint density at radius 3 is 3.15 bits per heavy atom. The van der Waals surface area contributed by atoms with Crippen LogP contribution in [0.4, 0.5) is 0 Å². The fourth-order valence-electron chi connectivity index (χ4n) is 1.55. The molecule has 0 aromatic carbocycles. The Morgan fingerprint density at radius 1 is 1.69 bits per heavy atom. The van der Waals surface area contributed by atoms with E-state index in [-0.39, 0.29) is 5.92 Å². The highest BCUT2D eigenvalue weighted by atomic mass is 79.9. The first kappa shape index (κ1) is 9.15. The van der Waals surface area contributed by atoms with E-state index in [9.17, 15) is 4.79 Å². The third-order valence-electron chi connectivity index (χ3n) is 2.26. The number of hydrogen-bond acceptors (Lipinski definition) is 3. The molecule has 1 aromatic heterocycles. The Morgan fingerprint density at radius 2 is 2.46 bits per heavy atom. The van der Waals surface area contributed by atoms with Crippen molar-refractivity contribution in [3.63, 3.8) is 0 Å². The van der Waals surface area contributed by atoms with Crippen molar-refractivity contribution in [3.05, 3.63) is 14.5 Å². The van der Waals surface area contributed by atoms with Crippen LogP contribution in [0.15, 0.2) is 3.92 Å². The lowest BCUT2D eigenvalue weighted by Crippen LogP contribution is -2.21. The zero-order valence-corrected chi connectivity index (χ0v) is 9.19. The van der Waals surface area contributed by atoms with Crippen molar-refractivity contribution >= 4 is 33.2 Å². The molecule has 70 valence electrons. The number of halogens is 1. The summed E-state index contributed by atoms with van der Waals surface area (Å²) in [6.07, 6.45) is 2.17. The zero-order valence-electron chi connectivity index (χ0n) is 6.79. The van der Waals surface area contributed by atoms with Crippen LogP contribution in [0.5, 0.6) is 0 Å². The first-order valence-electron chi connectivity index (χ1n) is 4.03. The van der Waals surface area contributed by atoms with Gasteiger partial charge in [0.2, 0.25) is 0 Å². The molecule has 1 atom stereocenters. The smallest absolute Gasteiger partial charge is 0.306 e. The van der Waals surface area contributed by atoms with Gasteiger partial charge in [0.05, 0.1) is 11.6 Å². The predicted molar refractivity (Wildman–Crippen MR) is 53.0 cm³/mol. The second-order valence-corrected chi connectivity index (χ2v) is 5.47. The molecule has 5 heteroatoms. The number of rotatable bonds is 1. The predicted octanol–water partition coefficient (Wildman–Crippen LogP) is 2.10.